The summed E-state index contributed by atoms with van der Waals surface area (Å²) < 4.78 is 14.5. The lowest BCUT2D eigenvalue weighted by molar-refractivity contribution is 0.137. The van der Waals surface area contributed by atoms with Crippen LogP contribution >= 0.6 is 34.8 Å². The van der Waals surface area contributed by atoms with Crippen LogP contribution in [0.4, 0.5) is 4.39 Å². The van der Waals surface area contributed by atoms with Crippen molar-refractivity contribution in [3.8, 4) is 0 Å². The van der Waals surface area contributed by atoms with E-state index in [-0.39, 0.29) is 34.0 Å². The summed E-state index contributed by atoms with van der Waals surface area (Å²) in [6.45, 7) is 1.62. The molecule has 0 aromatic rings. The normalized spacial score (nSPS) is 41.4. The first kappa shape index (κ1) is 18.8. The minimum absolute atomic E-state index is 0.0208. The molecule has 2 aliphatic carbocycles. The smallest absolute Gasteiger partial charge is 0.191 e. The molecule has 0 spiro atoms. The van der Waals surface area contributed by atoms with E-state index in [1.165, 1.54) is 0 Å². The van der Waals surface area contributed by atoms with Crippen LogP contribution in [-0.2, 0) is 0 Å². The molecule has 2 fully saturated rings. The van der Waals surface area contributed by atoms with E-state index in [1.54, 1.807) is 0 Å². The Morgan fingerprint density at radius 1 is 1.12 bits per heavy atom. The van der Waals surface area contributed by atoms with Gasteiger partial charge in [-0.1, -0.05) is 6.42 Å². The van der Waals surface area contributed by atoms with Crippen molar-refractivity contribution in [2.75, 3.05) is 13.1 Å². The lowest BCUT2D eigenvalue weighted by atomic mass is 9.76. The summed E-state index contributed by atoms with van der Waals surface area (Å²) in [6, 6.07) is 0.0565. The molecule has 1 heterocycles. The molecule has 24 heavy (non-hydrogen) atoms. The molecule has 138 valence electrons. The highest BCUT2D eigenvalue weighted by atomic mass is 35.5. The number of nitrogens with zero attached hydrogens (tertiary/aromatic N) is 1. The van der Waals surface area contributed by atoms with E-state index in [1.807, 2.05) is 0 Å². The molecule has 0 amide bonds. The van der Waals surface area contributed by atoms with Crippen molar-refractivity contribution >= 4 is 40.8 Å². The van der Waals surface area contributed by atoms with Crippen LogP contribution in [0.5, 0.6) is 0 Å². The first-order chi connectivity index (χ1) is 11.6. The Morgan fingerprint density at radius 2 is 1.88 bits per heavy atom. The zero-order chi connectivity index (χ0) is 17.1. The molecule has 2 N–H and O–H groups in total. The maximum atomic E-state index is 14.5. The SMILES string of the molecule is FC1CCCC(Cl)C1CC(NC1=NCCN1)C1CCCC(Cl)C1Cl. The predicted molar refractivity (Wildman–Crippen MR) is 100 cm³/mol. The maximum Gasteiger partial charge on any atom is 0.191 e. The lowest BCUT2D eigenvalue weighted by Gasteiger charge is -2.40. The number of guanidine groups is 1. The number of rotatable bonds is 4. The average Bonchev–Trinajstić information content (AvgIpc) is 3.06. The minimum atomic E-state index is -0.826. The minimum Gasteiger partial charge on any atom is -0.355 e. The molecule has 0 aromatic heterocycles. The molecule has 0 radical (unpaired) electrons. The second-order valence-corrected chi connectivity index (χ2v) is 8.95. The third kappa shape index (κ3) is 4.42. The van der Waals surface area contributed by atoms with Gasteiger partial charge in [-0.25, -0.2) is 4.39 Å². The fourth-order valence-electron chi connectivity index (χ4n) is 4.32. The highest BCUT2D eigenvalue weighted by molar-refractivity contribution is 6.30. The summed E-state index contributed by atoms with van der Waals surface area (Å²) in [4.78, 5) is 4.44. The van der Waals surface area contributed by atoms with Crippen LogP contribution in [0.3, 0.4) is 0 Å². The first-order valence-electron chi connectivity index (χ1n) is 9.17. The third-order valence-electron chi connectivity index (χ3n) is 5.70. The van der Waals surface area contributed by atoms with Crippen LogP contribution in [-0.4, -0.2) is 47.4 Å². The van der Waals surface area contributed by atoms with E-state index in [4.69, 9.17) is 34.8 Å². The second-order valence-electron chi connectivity index (χ2n) is 7.33. The molecule has 0 bridgehead atoms. The van der Waals surface area contributed by atoms with Gasteiger partial charge in [-0.2, -0.15) is 0 Å². The monoisotopic (exact) mass is 397 g/mol. The van der Waals surface area contributed by atoms with Crippen LogP contribution in [0.1, 0.15) is 44.9 Å². The molecular weight excluding hydrogens is 372 g/mol. The highest BCUT2D eigenvalue weighted by Gasteiger charge is 2.41. The molecule has 3 aliphatic rings. The topological polar surface area (TPSA) is 36.4 Å². The van der Waals surface area contributed by atoms with Crippen LogP contribution in [0.15, 0.2) is 4.99 Å². The van der Waals surface area contributed by atoms with Gasteiger partial charge >= 0.3 is 0 Å². The van der Waals surface area contributed by atoms with Gasteiger partial charge in [0.2, 0.25) is 0 Å². The molecule has 3 nitrogen and oxygen atoms in total. The predicted octanol–water partition coefficient (Wildman–Crippen LogP) is 4.05. The van der Waals surface area contributed by atoms with Gasteiger partial charge in [-0.3, -0.25) is 4.99 Å². The number of halogens is 4. The average molecular weight is 399 g/mol. The molecule has 0 saturated heterocycles. The van der Waals surface area contributed by atoms with Crippen molar-refractivity contribution in [2.24, 2.45) is 16.8 Å². The van der Waals surface area contributed by atoms with Crippen molar-refractivity contribution in [3.05, 3.63) is 0 Å². The van der Waals surface area contributed by atoms with Crippen molar-refractivity contribution < 1.29 is 4.39 Å². The van der Waals surface area contributed by atoms with Crippen molar-refractivity contribution in [1.29, 1.82) is 0 Å². The number of alkyl halides is 4. The van der Waals surface area contributed by atoms with Gasteiger partial charge in [0.25, 0.3) is 0 Å². The van der Waals surface area contributed by atoms with Gasteiger partial charge in [0.05, 0.1) is 17.3 Å². The lowest BCUT2D eigenvalue weighted by Crippen LogP contribution is -2.51. The summed E-state index contributed by atoms with van der Waals surface area (Å²) in [5.74, 6) is 0.892. The molecule has 1 aliphatic heterocycles. The molecule has 7 heteroatoms. The van der Waals surface area contributed by atoms with Crippen molar-refractivity contribution in [1.82, 2.24) is 10.6 Å². The Morgan fingerprint density at radius 3 is 2.58 bits per heavy atom. The Kier molecular flexibility index (Phi) is 6.78. The van der Waals surface area contributed by atoms with Crippen LogP contribution in [0, 0.1) is 11.8 Å². The fourth-order valence-corrected chi connectivity index (χ4v) is 5.50. The Bertz CT molecular complexity index is 441. The Labute approximate surface area is 159 Å². The van der Waals surface area contributed by atoms with Gasteiger partial charge in [0, 0.05) is 23.9 Å². The summed E-state index contributed by atoms with van der Waals surface area (Å²) in [5.41, 5.74) is 0. The Balaban J connectivity index is 1.73. The molecule has 7 atom stereocenters. The van der Waals surface area contributed by atoms with E-state index in [9.17, 15) is 4.39 Å². The first-order valence-corrected chi connectivity index (χ1v) is 10.5. The Hall–Kier alpha value is 0.0700. The number of hydrogen-bond donors (Lipinski definition) is 2. The van der Waals surface area contributed by atoms with E-state index in [2.05, 4.69) is 15.6 Å². The van der Waals surface area contributed by atoms with E-state index >= 15 is 0 Å². The van der Waals surface area contributed by atoms with Crippen LogP contribution in [0.2, 0.25) is 0 Å². The van der Waals surface area contributed by atoms with Gasteiger partial charge in [-0.05, 0) is 44.4 Å². The molecule has 7 unspecified atom stereocenters. The largest absolute Gasteiger partial charge is 0.355 e. The fraction of sp³-hybridized carbons (Fsp3) is 0.941. The van der Waals surface area contributed by atoms with Crippen LogP contribution in [0.25, 0.3) is 0 Å². The number of aliphatic imine (C=N–C) groups is 1. The molecular formula is C17H27Cl3FN3. The number of hydrogen-bond acceptors (Lipinski definition) is 3. The summed E-state index contributed by atoms with van der Waals surface area (Å²) in [5, 5.41) is 6.52. The van der Waals surface area contributed by atoms with Gasteiger partial charge < -0.3 is 10.6 Å². The maximum absolute atomic E-state index is 14.5. The van der Waals surface area contributed by atoms with Crippen molar-refractivity contribution in [2.45, 2.75) is 73.3 Å². The standard InChI is InChI=1S/C17H27Cl3FN3/c18-12-4-2-6-14(21)11(12)9-15(24-17-22-7-8-23-17)10-3-1-5-13(19)16(10)20/h10-16H,1-9H2,(H2,22,23,24). The van der Waals surface area contributed by atoms with Crippen LogP contribution < -0.4 is 10.6 Å². The zero-order valence-electron chi connectivity index (χ0n) is 13.9. The summed E-state index contributed by atoms with van der Waals surface area (Å²) in [6.07, 6.45) is 5.28. The molecule has 0 aromatic carbocycles. The van der Waals surface area contributed by atoms with Gasteiger partial charge in [0.1, 0.15) is 6.17 Å². The van der Waals surface area contributed by atoms with Gasteiger partial charge in [-0.15, -0.1) is 34.8 Å². The van der Waals surface area contributed by atoms with Gasteiger partial charge in [0.15, 0.2) is 5.96 Å². The highest BCUT2D eigenvalue weighted by Crippen LogP contribution is 2.40. The quantitative estimate of drug-likeness (QED) is 0.701. The van der Waals surface area contributed by atoms with E-state index < -0.39 is 6.17 Å². The summed E-state index contributed by atoms with van der Waals surface area (Å²) >= 11 is 19.5. The van der Waals surface area contributed by atoms with E-state index in [0.717, 1.165) is 51.2 Å². The summed E-state index contributed by atoms with van der Waals surface area (Å²) in [7, 11) is 0. The number of nitrogens with one attached hydrogen (secondary N) is 2. The third-order valence-corrected chi connectivity index (χ3v) is 7.49. The zero-order valence-corrected chi connectivity index (χ0v) is 16.1. The van der Waals surface area contributed by atoms with Crippen molar-refractivity contribution in [3.63, 3.8) is 0 Å². The second kappa shape index (κ2) is 8.64. The molecule has 3 rings (SSSR count). The molecule has 2 saturated carbocycles. The van der Waals surface area contributed by atoms with E-state index in [0.29, 0.717) is 12.8 Å².